The number of ether oxygens (including phenoxy) is 2. The van der Waals surface area contributed by atoms with Gasteiger partial charge in [0.2, 0.25) is 0 Å². The average molecular weight is 287 g/mol. The topological polar surface area (TPSA) is 59.6 Å². The maximum Gasteiger partial charge on any atom is 0.407 e. The number of alkyl carbamates (subject to hydrolysis) is 1. The van der Waals surface area contributed by atoms with Crippen molar-refractivity contribution in [3.05, 3.63) is 35.9 Å². The lowest BCUT2D eigenvalue weighted by atomic mass is 10.2. The molecule has 0 saturated carbocycles. The van der Waals surface area contributed by atoms with Crippen LogP contribution in [0.5, 0.6) is 0 Å². The Morgan fingerprint density at radius 2 is 2.21 bits per heavy atom. The van der Waals surface area contributed by atoms with E-state index in [0.29, 0.717) is 19.8 Å². The number of rotatable bonds is 4. The Labute approximate surface area is 119 Å². The first-order chi connectivity index (χ1) is 8.84. The zero-order chi connectivity index (χ0) is 12.6. The highest BCUT2D eigenvalue weighted by Crippen LogP contribution is 2.00. The van der Waals surface area contributed by atoms with Gasteiger partial charge in [0.05, 0.1) is 13.2 Å². The van der Waals surface area contributed by atoms with Gasteiger partial charge in [-0.15, -0.1) is 12.4 Å². The van der Waals surface area contributed by atoms with E-state index in [0.717, 1.165) is 18.7 Å². The Kier molecular flexibility index (Phi) is 7.25. The summed E-state index contributed by atoms with van der Waals surface area (Å²) in [5, 5.41) is 5.97. The zero-order valence-electron chi connectivity index (χ0n) is 10.6. The monoisotopic (exact) mass is 286 g/mol. The minimum atomic E-state index is -0.397. The summed E-state index contributed by atoms with van der Waals surface area (Å²) in [6.07, 6.45) is -0.397. The first-order valence-electron chi connectivity index (χ1n) is 6.10. The molecule has 2 N–H and O–H groups in total. The maximum absolute atomic E-state index is 11.5. The van der Waals surface area contributed by atoms with E-state index in [9.17, 15) is 4.79 Å². The third-order valence-electron chi connectivity index (χ3n) is 2.70. The van der Waals surface area contributed by atoms with Crippen LogP contribution < -0.4 is 10.6 Å². The van der Waals surface area contributed by atoms with Crippen LogP contribution in [0.1, 0.15) is 5.56 Å². The van der Waals surface area contributed by atoms with Crippen molar-refractivity contribution in [2.75, 3.05) is 26.3 Å². The molecule has 2 rings (SSSR count). The lowest BCUT2D eigenvalue weighted by molar-refractivity contribution is 0.0749. The fourth-order valence-electron chi connectivity index (χ4n) is 1.73. The molecule has 1 aliphatic heterocycles. The fourth-order valence-corrected chi connectivity index (χ4v) is 1.73. The number of morpholine rings is 1. The molecule has 0 bridgehead atoms. The standard InChI is InChI=1S/C13H18N2O3.ClH/c16-13(15-8-12-10-17-7-6-14-12)18-9-11-4-2-1-3-5-11;/h1-5,12,14H,6-10H2,(H,15,16);1H/t12-;/m1./s1. The van der Waals surface area contributed by atoms with Crippen LogP contribution >= 0.6 is 12.4 Å². The molecule has 106 valence electrons. The van der Waals surface area contributed by atoms with E-state index < -0.39 is 6.09 Å². The van der Waals surface area contributed by atoms with Crippen molar-refractivity contribution in [3.63, 3.8) is 0 Å². The summed E-state index contributed by atoms with van der Waals surface area (Å²) in [6, 6.07) is 9.77. The van der Waals surface area contributed by atoms with Gasteiger partial charge in [-0.05, 0) is 5.56 Å². The Balaban J connectivity index is 0.00000180. The van der Waals surface area contributed by atoms with Crippen molar-refractivity contribution in [2.24, 2.45) is 0 Å². The number of benzene rings is 1. The smallest absolute Gasteiger partial charge is 0.407 e. The number of nitrogens with one attached hydrogen (secondary N) is 2. The Bertz CT molecular complexity index is 369. The zero-order valence-corrected chi connectivity index (χ0v) is 11.4. The SMILES string of the molecule is Cl.O=C(NC[C@@H]1COCCN1)OCc1ccccc1. The molecule has 0 unspecified atom stereocenters. The Morgan fingerprint density at radius 3 is 2.89 bits per heavy atom. The predicted molar refractivity (Wildman–Crippen MR) is 74.5 cm³/mol. The molecular weight excluding hydrogens is 268 g/mol. The highest BCUT2D eigenvalue weighted by molar-refractivity contribution is 5.85. The second-order valence-corrected chi connectivity index (χ2v) is 4.17. The summed E-state index contributed by atoms with van der Waals surface area (Å²) in [6.45, 7) is 2.99. The summed E-state index contributed by atoms with van der Waals surface area (Å²) in [4.78, 5) is 11.5. The number of hydrogen-bond donors (Lipinski definition) is 2. The van der Waals surface area contributed by atoms with Crippen molar-refractivity contribution in [3.8, 4) is 0 Å². The summed E-state index contributed by atoms with van der Waals surface area (Å²) in [5.41, 5.74) is 0.978. The Hall–Kier alpha value is -1.30. The summed E-state index contributed by atoms with van der Waals surface area (Å²) >= 11 is 0. The van der Waals surface area contributed by atoms with Gasteiger partial charge in [0.25, 0.3) is 0 Å². The lowest BCUT2D eigenvalue weighted by Gasteiger charge is -2.23. The molecule has 1 aromatic carbocycles. The minimum Gasteiger partial charge on any atom is -0.445 e. The molecule has 0 aliphatic carbocycles. The molecule has 1 saturated heterocycles. The predicted octanol–water partition coefficient (Wildman–Crippen LogP) is 1.32. The molecule has 1 heterocycles. The van der Waals surface area contributed by atoms with Crippen LogP contribution in [0.15, 0.2) is 30.3 Å². The normalized spacial score (nSPS) is 18.2. The molecule has 0 aromatic heterocycles. The van der Waals surface area contributed by atoms with Gasteiger partial charge in [-0.1, -0.05) is 30.3 Å². The molecule has 1 amide bonds. The van der Waals surface area contributed by atoms with E-state index >= 15 is 0 Å². The Morgan fingerprint density at radius 1 is 1.42 bits per heavy atom. The summed E-state index contributed by atoms with van der Waals surface area (Å²) in [7, 11) is 0. The number of halogens is 1. The quantitative estimate of drug-likeness (QED) is 0.876. The van der Waals surface area contributed by atoms with Gasteiger partial charge < -0.3 is 20.1 Å². The van der Waals surface area contributed by atoms with Gasteiger partial charge in [0.15, 0.2) is 0 Å². The van der Waals surface area contributed by atoms with Crippen LogP contribution in [0.25, 0.3) is 0 Å². The third-order valence-corrected chi connectivity index (χ3v) is 2.70. The molecule has 1 aliphatic rings. The molecule has 1 aromatic rings. The molecule has 5 nitrogen and oxygen atoms in total. The fraction of sp³-hybridized carbons (Fsp3) is 0.462. The molecule has 0 spiro atoms. The van der Waals surface area contributed by atoms with Gasteiger partial charge in [0, 0.05) is 19.1 Å². The van der Waals surface area contributed by atoms with Gasteiger partial charge in [-0.25, -0.2) is 4.79 Å². The molecule has 1 fully saturated rings. The van der Waals surface area contributed by atoms with Crippen molar-refractivity contribution >= 4 is 18.5 Å². The highest BCUT2D eigenvalue weighted by Gasteiger charge is 2.14. The largest absolute Gasteiger partial charge is 0.445 e. The first kappa shape index (κ1) is 15.8. The number of hydrogen-bond acceptors (Lipinski definition) is 4. The first-order valence-corrected chi connectivity index (χ1v) is 6.10. The van der Waals surface area contributed by atoms with Gasteiger partial charge in [-0.3, -0.25) is 0 Å². The van der Waals surface area contributed by atoms with Crippen LogP contribution in [-0.2, 0) is 16.1 Å². The van der Waals surface area contributed by atoms with Crippen LogP contribution in [0.3, 0.4) is 0 Å². The molecule has 0 radical (unpaired) electrons. The molecule has 1 atom stereocenters. The third kappa shape index (κ3) is 5.92. The van der Waals surface area contributed by atoms with E-state index in [1.54, 1.807) is 0 Å². The number of amides is 1. The van der Waals surface area contributed by atoms with Crippen molar-refractivity contribution < 1.29 is 14.3 Å². The maximum atomic E-state index is 11.5. The van der Waals surface area contributed by atoms with Gasteiger partial charge in [0.1, 0.15) is 6.61 Å². The lowest BCUT2D eigenvalue weighted by Crippen LogP contribution is -2.48. The van der Waals surface area contributed by atoms with E-state index in [4.69, 9.17) is 9.47 Å². The molecule has 19 heavy (non-hydrogen) atoms. The van der Waals surface area contributed by atoms with Crippen LogP contribution in [-0.4, -0.2) is 38.4 Å². The van der Waals surface area contributed by atoms with Crippen molar-refractivity contribution in [1.82, 2.24) is 10.6 Å². The second-order valence-electron chi connectivity index (χ2n) is 4.17. The number of carbonyl (C=O) groups excluding carboxylic acids is 1. The average Bonchev–Trinajstić information content (AvgIpc) is 2.45. The number of carbonyl (C=O) groups is 1. The van der Waals surface area contributed by atoms with Crippen molar-refractivity contribution in [1.29, 1.82) is 0 Å². The van der Waals surface area contributed by atoms with E-state index in [1.165, 1.54) is 0 Å². The van der Waals surface area contributed by atoms with Crippen LogP contribution in [0, 0.1) is 0 Å². The van der Waals surface area contributed by atoms with Crippen LogP contribution in [0.2, 0.25) is 0 Å². The van der Waals surface area contributed by atoms with E-state index in [2.05, 4.69) is 10.6 Å². The minimum absolute atomic E-state index is 0. The van der Waals surface area contributed by atoms with Crippen LogP contribution in [0.4, 0.5) is 4.79 Å². The molecular formula is C13H19ClN2O3. The van der Waals surface area contributed by atoms with Gasteiger partial charge >= 0.3 is 6.09 Å². The second kappa shape index (κ2) is 8.74. The van der Waals surface area contributed by atoms with Gasteiger partial charge in [-0.2, -0.15) is 0 Å². The molecule has 6 heteroatoms. The highest BCUT2D eigenvalue weighted by atomic mass is 35.5. The van der Waals surface area contributed by atoms with E-state index in [1.807, 2.05) is 30.3 Å². The van der Waals surface area contributed by atoms with E-state index in [-0.39, 0.29) is 18.4 Å². The van der Waals surface area contributed by atoms with Crippen molar-refractivity contribution in [2.45, 2.75) is 12.6 Å². The summed E-state index contributed by atoms with van der Waals surface area (Å²) in [5.74, 6) is 0. The summed E-state index contributed by atoms with van der Waals surface area (Å²) < 4.78 is 10.4.